The molecule has 2 N–H and O–H groups in total. The molecule has 172 valence electrons. The number of carbonyl (C=O) groups is 1. The maximum absolute atomic E-state index is 12.7. The Bertz CT molecular complexity index is 1080. The lowest BCUT2D eigenvalue weighted by atomic mass is 9.96. The Kier molecular flexibility index (Phi) is 7.24. The van der Waals surface area contributed by atoms with Crippen LogP contribution < -0.4 is 25.0 Å². The Balaban J connectivity index is 1.31. The predicted octanol–water partition coefficient (Wildman–Crippen LogP) is 3.77. The molecule has 0 unspecified atom stereocenters. The molecule has 1 aliphatic rings. The van der Waals surface area contributed by atoms with Gasteiger partial charge in [0.05, 0.1) is 19.9 Å². The van der Waals surface area contributed by atoms with Crippen molar-refractivity contribution >= 4 is 23.4 Å². The average molecular weight is 448 g/mol. The molecular formula is C25H29N5O3. The summed E-state index contributed by atoms with van der Waals surface area (Å²) in [5, 5.41) is 6.35. The van der Waals surface area contributed by atoms with Gasteiger partial charge in [0, 0.05) is 31.7 Å². The molecule has 4 rings (SSSR count). The number of hydrogen-bond acceptors (Lipinski definition) is 7. The smallest absolute Gasteiger partial charge is 0.227 e. The number of para-hydroxylation sites is 2. The van der Waals surface area contributed by atoms with Crippen LogP contribution in [0.15, 0.2) is 60.8 Å². The first-order valence-electron chi connectivity index (χ1n) is 11.0. The largest absolute Gasteiger partial charge is 0.497 e. The van der Waals surface area contributed by atoms with Gasteiger partial charge in [0.25, 0.3) is 0 Å². The highest BCUT2D eigenvalue weighted by Gasteiger charge is 2.26. The van der Waals surface area contributed by atoms with Crippen molar-refractivity contribution in [1.82, 2.24) is 15.3 Å². The van der Waals surface area contributed by atoms with Gasteiger partial charge < -0.3 is 25.0 Å². The third-order valence-electron chi connectivity index (χ3n) is 5.76. The third-order valence-corrected chi connectivity index (χ3v) is 5.76. The first-order valence-corrected chi connectivity index (χ1v) is 11.0. The van der Waals surface area contributed by atoms with E-state index in [2.05, 4.69) is 25.5 Å². The molecule has 0 bridgehead atoms. The monoisotopic (exact) mass is 447 g/mol. The number of ether oxygens (including phenoxy) is 2. The van der Waals surface area contributed by atoms with Crippen LogP contribution in [0.5, 0.6) is 11.5 Å². The third kappa shape index (κ3) is 5.71. The number of amides is 1. The normalized spacial score (nSPS) is 13.9. The molecule has 1 fully saturated rings. The second-order valence-corrected chi connectivity index (χ2v) is 7.90. The van der Waals surface area contributed by atoms with Crippen LogP contribution in [0.4, 0.5) is 17.5 Å². The predicted molar refractivity (Wildman–Crippen MR) is 128 cm³/mol. The van der Waals surface area contributed by atoms with Gasteiger partial charge in [-0.1, -0.05) is 24.3 Å². The van der Waals surface area contributed by atoms with Crippen LogP contribution in [0.2, 0.25) is 0 Å². The second-order valence-electron chi connectivity index (χ2n) is 7.90. The average Bonchev–Trinajstić information content (AvgIpc) is 2.88. The standard InChI is InChI=1S/C25H29N5O3/c1-32-20-7-5-6-18(16-20)17-27-24(31)19-11-14-30(15-12-19)25-26-13-10-23(29-25)28-21-8-3-4-9-22(21)33-2/h3-10,13,16,19H,11-12,14-15,17H2,1-2H3,(H,27,31)(H,26,28,29). The van der Waals surface area contributed by atoms with Crippen LogP contribution in [0, 0.1) is 5.92 Å². The molecule has 3 aromatic rings. The van der Waals surface area contributed by atoms with Crippen LogP contribution >= 0.6 is 0 Å². The molecule has 8 heteroatoms. The number of hydrogen-bond donors (Lipinski definition) is 2. The molecule has 0 saturated carbocycles. The lowest BCUT2D eigenvalue weighted by molar-refractivity contribution is -0.125. The summed E-state index contributed by atoms with van der Waals surface area (Å²) < 4.78 is 10.6. The van der Waals surface area contributed by atoms with Crippen molar-refractivity contribution in [2.24, 2.45) is 5.92 Å². The van der Waals surface area contributed by atoms with Crippen molar-refractivity contribution in [2.75, 3.05) is 37.5 Å². The summed E-state index contributed by atoms with van der Waals surface area (Å²) >= 11 is 0. The number of methoxy groups -OCH3 is 2. The van der Waals surface area contributed by atoms with E-state index < -0.39 is 0 Å². The Hall–Kier alpha value is -3.81. The summed E-state index contributed by atoms with van der Waals surface area (Å²) in [7, 11) is 3.28. The fourth-order valence-corrected chi connectivity index (χ4v) is 3.91. The van der Waals surface area contributed by atoms with Gasteiger partial charge in [0.15, 0.2) is 0 Å². The molecule has 33 heavy (non-hydrogen) atoms. The minimum atomic E-state index is -0.0123. The van der Waals surface area contributed by atoms with Crippen molar-refractivity contribution in [3.05, 3.63) is 66.4 Å². The number of benzene rings is 2. The summed E-state index contributed by atoms with van der Waals surface area (Å²) in [4.78, 5) is 23.9. The first-order chi connectivity index (χ1) is 16.2. The van der Waals surface area contributed by atoms with Crippen molar-refractivity contribution in [2.45, 2.75) is 19.4 Å². The first kappa shape index (κ1) is 22.4. The number of piperidine rings is 1. The number of anilines is 3. The van der Waals surface area contributed by atoms with E-state index in [1.54, 1.807) is 20.4 Å². The van der Waals surface area contributed by atoms with Crippen molar-refractivity contribution < 1.29 is 14.3 Å². The van der Waals surface area contributed by atoms with Crippen LogP contribution in [0.1, 0.15) is 18.4 Å². The highest BCUT2D eigenvalue weighted by atomic mass is 16.5. The van der Waals surface area contributed by atoms with Crippen molar-refractivity contribution in [3.8, 4) is 11.5 Å². The quantitative estimate of drug-likeness (QED) is 0.543. The fraction of sp³-hybridized carbons (Fsp3) is 0.320. The van der Waals surface area contributed by atoms with E-state index in [0.717, 1.165) is 48.7 Å². The SMILES string of the molecule is COc1cccc(CNC(=O)C2CCN(c3nccc(Nc4ccccc4OC)n3)CC2)c1. The number of nitrogens with one attached hydrogen (secondary N) is 2. The lowest BCUT2D eigenvalue weighted by Crippen LogP contribution is -2.41. The number of aromatic nitrogens is 2. The van der Waals surface area contributed by atoms with Crippen molar-refractivity contribution in [1.29, 1.82) is 0 Å². The van der Waals surface area contributed by atoms with E-state index in [4.69, 9.17) is 9.47 Å². The van der Waals surface area contributed by atoms with Gasteiger partial charge in [0.1, 0.15) is 17.3 Å². The topological polar surface area (TPSA) is 88.6 Å². The Morgan fingerprint density at radius 1 is 1.06 bits per heavy atom. The summed E-state index contributed by atoms with van der Waals surface area (Å²) in [6.45, 7) is 1.96. The van der Waals surface area contributed by atoms with Crippen LogP contribution in [-0.4, -0.2) is 43.2 Å². The van der Waals surface area contributed by atoms with Gasteiger partial charge in [0.2, 0.25) is 11.9 Å². The highest BCUT2D eigenvalue weighted by Crippen LogP contribution is 2.27. The van der Waals surface area contributed by atoms with Gasteiger partial charge in [-0.3, -0.25) is 4.79 Å². The van der Waals surface area contributed by atoms with Crippen LogP contribution in [0.25, 0.3) is 0 Å². The van der Waals surface area contributed by atoms with Gasteiger partial charge in [-0.2, -0.15) is 4.98 Å². The van der Waals surface area contributed by atoms with E-state index in [1.807, 2.05) is 54.6 Å². The summed E-state index contributed by atoms with van der Waals surface area (Å²) in [6.07, 6.45) is 3.27. The van der Waals surface area contributed by atoms with E-state index >= 15 is 0 Å². The van der Waals surface area contributed by atoms with E-state index in [9.17, 15) is 4.79 Å². The van der Waals surface area contributed by atoms with Crippen molar-refractivity contribution in [3.63, 3.8) is 0 Å². The van der Waals surface area contributed by atoms with Gasteiger partial charge in [-0.05, 0) is 48.7 Å². The molecular weight excluding hydrogens is 418 g/mol. The number of carbonyl (C=O) groups excluding carboxylic acids is 1. The zero-order chi connectivity index (χ0) is 23.0. The van der Waals surface area contributed by atoms with Gasteiger partial charge >= 0.3 is 0 Å². The molecule has 2 heterocycles. The van der Waals surface area contributed by atoms with E-state index in [0.29, 0.717) is 18.3 Å². The van der Waals surface area contributed by atoms with Crippen LogP contribution in [0.3, 0.4) is 0 Å². The van der Waals surface area contributed by atoms with E-state index in [1.165, 1.54) is 0 Å². The Morgan fingerprint density at radius 2 is 1.88 bits per heavy atom. The molecule has 0 spiro atoms. The van der Waals surface area contributed by atoms with Crippen LogP contribution in [-0.2, 0) is 11.3 Å². The van der Waals surface area contributed by atoms with Gasteiger partial charge in [-0.15, -0.1) is 0 Å². The zero-order valence-electron chi connectivity index (χ0n) is 19.0. The molecule has 1 amide bonds. The molecule has 1 aliphatic heterocycles. The lowest BCUT2D eigenvalue weighted by Gasteiger charge is -2.31. The molecule has 1 aromatic heterocycles. The minimum Gasteiger partial charge on any atom is -0.497 e. The molecule has 0 aliphatic carbocycles. The number of rotatable bonds is 8. The summed E-state index contributed by atoms with van der Waals surface area (Å²) in [6, 6.07) is 17.3. The summed E-state index contributed by atoms with van der Waals surface area (Å²) in [5.74, 6) is 2.97. The molecule has 8 nitrogen and oxygen atoms in total. The molecule has 2 aromatic carbocycles. The summed E-state index contributed by atoms with van der Waals surface area (Å²) in [5.41, 5.74) is 1.86. The second kappa shape index (κ2) is 10.7. The number of nitrogens with zero attached hydrogens (tertiary/aromatic N) is 3. The maximum Gasteiger partial charge on any atom is 0.227 e. The van der Waals surface area contributed by atoms with E-state index in [-0.39, 0.29) is 11.8 Å². The zero-order valence-corrected chi connectivity index (χ0v) is 19.0. The Labute approximate surface area is 194 Å². The minimum absolute atomic E-state index is 0.0123. The Morgan fingerprint density at radius 3 is 2.67 bits per heavy atom. The molecule has 0 atom stereocenters. The highest BCUT2D eigenvalue weighted by molar-refractivity contribution is 5.79. The fourth-order valence-electron chi connectivity index (χ4n) is 3.91. The molecule has 1 saturated heterocycles. The van der Waals surface area contributed by atoms with Gasteiger partial charge in [-0.25, -0.2) is 4.98 Å². The maximum atomic E-state index is 12.7. The molecule has 0 radical (unpaired) electrons.